The standard InChI is InChI=1S/C18H19BrF3N3O4S2/c19-10-3-9(4-25-16(10)18(20,21)22)31-17-15(28)13(14(27)12(6-26)29-17)24-5-11(23)8-1-2-30-7-8/h1-5,7,12-15,17,24,26-28H,6,23H2/b11-5-. The minimum atomic E-state index is -4.61. The number of pyridine rings is 1. The number of rotatable bonds is 6. The molecule has 0 saturated carbocycles. The summed E-state index contributed by atoms with van der Waals surface area (Å²) in [6.07, 6.45) is -5.73. The fourth-order valence-electron chi connectivity index (χ4n) is 2.91. The van der Waals surface area contributed by atoms with Crippen molar-refractivity contribution in [3.8, 4) is 0 Å². The number of aliphatic hydroxyl groups excluding tert-OH is 3. The molecule has 1 saturated heterocycles. The van der Waals surface area contributed by atoms with Crippen molar-refractivity contribution in [3.63, 3.8) is 0 Å². The molecular formula is C18H19BrF3N3O4S2. The zero-order valence-electron chi connectivity index (χ0n) is 15.7. The van der Waals surface area contributed by atoms with Crippen molar-refractivity contribution in [2.24, 2.45) is 5.73 Å². The van der Waals surface area contributed by atoms with Gasteiger partial charge in [-0.15, -0.1) is 0 Å². The quantitative estimate of drug-likeness (QED) is 0.378. The number of nitrogens with one attached hydrogen (secondary N) is 1. The van der Waals surface area contributed by atoms with Crippen LogP contribution in [0.15, 0.2) is 44.7 Å². The number of halogens is 4. The van der Waals surface area contributed by atoms with Crippen molar-refractivity contribution in [3.05, 3.63) is 51.0 Å². The molecule has 0 bridgehead atoms. The van der Waals surface area contributed by atoms with Crippen LogP contribution in [0.4, 0.5) is 13.2 Å². The highest BCUT2D eigenvalue weighted by Gasteiger charge is 2.44. The fraction of sp³-hybridized carbons (Fsp3) is 0.389. The summed E-state index contributed by atoms with van der Waals surface area (Å²) in [6, 6.07) is 2.07. The van der Waals surface area contributed by atoms with Gasteiger partial charge in [-0.3, -0.25) is 0 Å². The van der Waals surface area contributed by atoms with Gasteiger partial charge in [-0.25, -0.2) is 4.98 Å². The number of hydrogen-bond acceptors (Lipinski definition) is 9. The molecule has 7 nitrogen and oxygen atoms in total. The van der Waals surface area contributed by atoms with Crippen molar-refractivity contribution < 1.29 is 33.2 Å². The number of aromatic nitrogens is 1. The summed E-state index contributed by atoms with van der Waals surface area (Å²) < 4.78 is 44.0. The molecule has 5 unspecified atom stereocenters. The lowest BCUT2D eigenvalue weighted by molar-refractivity contribution is -0.164. The van der Waals surface area contributed by atoms with E-state index in [0.29, 0.717) is 10.6 Å². The van der Waals surface area contributed by atoms with Crippen molar-refractivity contribution in [1.82, 2.24) is 10.3 Å². The lowest BCUT2D eigenvalue weighted by atomic mass is 9.97. The van der Waals surface area contributed by atoms with E-state index in [9.17, 15) is 28.5 Å². The van der Waals surface area contributed by atoms with Gasteiger partial charge in [-0.1, -0.05) is 11.8 Å². The molecule has 0 amide bonds. The highest BCUT2D eigenvalue weighted by Crippen LogP contribution is 2.38. The van der Waals surface area contributed by atoms with Crippen molar-refractivity contribution >= 4 is 44.7 Å². The summed E-state index contributed by atoms with van der Waals surface area (Å²) >= 11 is 5.23. The highest BCUT2D eigenvalue weighted by atomic mass is 79.9. The lowest BCUT2D eigenvalue weighted by Gasteiger charge is -2.42. The highest BCUT2D eigenvalue weighted by molar-refractivity contribution is 9.10. The topological polar surface area (TPSA) is 121 Å². The first-order valence-electron chi connectivity index (χ1n) is 8.88. The largest absolute Gasteiger partial charge is 0.434 e. The van der Waals surface area contributed by atoms with Gasteiger partial charge in [0, 0.05) is 32.7 Å². The summed E-state index contributed by atoms with van der Waals surface area (Å²) in [5.74, 6) is 0. The number of thioether (sulfide) groups is 1. The van der Waals surface area contributed by atoms with E-state index < -0.39 is 48.3 Å². The summed E-state index contributed by atoms with van der Waals surface area (Å²) in [6.45, 7) is -0.526. The van der Waals surface area contributed by atoms with E-state index in [1.54, 1.807) is 6.07 Å². The maximum absolute atomic E-state index is 12.9. The van der Waals surface area contributed by atoms with Crippen LogP contribution in [0.1, 0.15) is 11.3 Å². The van der Waals surface area contributed by atoms with E-state index in [4.69, 9.17) is 10.5 Å². The number of ether oxygens (including phenoxy) is 1. The van der Waals surface area contributed by atoms with Crippen LogP contribution in [0, 0.1) is 0 Å². The Labute approximate surface area is 192 Å². The average molecular weight is 542 g/mol. The van der Waals surface area contributed by atoms with E-state index in [0.717, 1.165) is 23.5 Å². The summed E-state index contributed by atoms with van der Waals surface area (Å²) in [4.78, 5) is 3.73. The Bertz CT molecular complexity index is 917. The second-order valence-corrected chi connectivity index (χ2v) is 9.43. The minimum absolute atomic E-state index is 0.254. The summed E-state index contributed by atoms with van der Waals surface area (Å²) in [7, 11) is 0. The van der Waals surface area contributed by atoms with E-state index in [1.807, 2.05) is 10.8 Å². The van der Waals surface area contributed by atoms with Gasteiger partial charge in [0.15, 0.2) is 5.69 Å². The van der Waals surface area contributed by atoms with Crippen LogP contribution in [0.5, 0.6) is 0 Å². The molecule has 13 heteroatoms. The molecule has 1 fully saturated rings. The molecule has 0 aliphatic carbocycles. The van der Waals surface area contributed by atoms with Gasteiger partial charge in [0.25, 0.3) is 0 Å². The van der Waals surface area contributed by atoms with Crippen molar-refractivity contribution in [1.29, 1.82) is 0 Å². The molecule has 0 radical (unpaired) electrons. The lowest BCUT2D eigenvalue weighted by Crippen LogP contribution is -2.62. The SMILES string of the molecule is N/C(=C\NC1C(O)C(CO)OC(Sc2cnc(C(F)(F)F)c(Br)c2)C1O)c1ccsc1. The van der Waals surface area contributed by atoms with E-state index >= 15 is 0 Å². The molecule has 1 aliphatic rings. The Morgan fingerprint density at radius 1 is 1.39 bits per heavy atom. The third-order valence-electron chi connectivity index (χ3n) is 4.51. The molecule has 6 N–H and O–H groups in total. The monoisotopic (exact) mass is 541 g/mol. The van der Waals surface area contributed by atoms with Crippen LogP contribution in [0.25, 0.3) is 5.70 Å². The molecule has 170 valence electrons. The third kappa shape index (κ3) is 5.72. The second-order valence-electron chi connectivity index (χ2n) is 6.63. The van der Waals surface area contributed by atoms with E-state index in [-0.39, 0.29) is 4.47 Å². The molecule has 2 aromatic heterocycles. The molecular weight excluding hydrogens is 523 g/mol. The molecule has 5 atom stereocenters. The Kier molecular flexibility index (Phi) is 7.89. The van der Waals surface area contributed by atoms with Crippen LogP contribution in [-0.4, -0.2) is 56.7 Å². The summed E-state index contributed by atoms with van der Waals surface area (Å²) in [5.41, 5.74) is 5.06. The minimum Gasteiger partial charge on any atom is -0.397 e. The first-order valence-corrected chi connectivity index (χ1v) is 11.5. The molecule has 1 aliphatic heterocycles. The maximum atomic E-state index is 12.9. The van der Waals surface area contributed by atoms with Gasteiger partial charge in [0.2, 0.25) is 0 Å². The number of nitrogens with two attached hydrogens (primary N) is 1. The van der Waals surface area contributed by atoms with Gasteiger partial charge in [-0.2, -0.15) is 24.5 Å². The molecule has 3 rings (SSSR count). The van der Waals surface area contributed by atoms with Gasteiger partial charge < -0.3 is 31.1 Å². The predicted octanol–water partition coefficient (Wildman–Crippen LogP) is 2.37. The Hall–Kier alpha value is -1.35. The zero-order chi connectivity index (χ0) is 22.8. The average Bonchev–Trinajstić information content (AvgIpc) is 3.24. The normalized spacial score (nSPS) is 27.3. The van der Waals surface area contributed by atoms with Crippen LogP contribution >= 0.6 is 39.0 Å². The fourth-order valence-corrected chi connectivity index (χ4v) is 5.37. The maximum Gasteiger partial charge on any atom is 0.434 e. The van der Waals surface area contributed by atoms with Crippen LogP contribution in [0.3, 0.4) is 0 Å². The first kappa shape index (κ1) is 24.3. The van der Waals surface area contributed by atoms with Crippen LogP contribution in [-0.2, 0) is 10.9 Å². The van der Waals surface area contributed by atoms with Crippen molar-refractivity contribution in [2.75, 3.05) is 6.61 Å². The third-order valence-corrected chi connectivity index (χ3v) is 6.91. The number of nitrogens with zero attached hydrogens (tertiary/aromatic N) is 1. The summed E-state index contributed by atoms with van der Waals surface area (Å²) in [5, 5.41) is 37.3. The molecule has 2 aromatic rings. The van der Waals surface area contributed by atoms with Gasteiger partial charge in [0.05, 0.1) is 18.3 Å². The number of thiophene rings is 1. The Balaban J connectivity index is 1.77. The number of aliphatic hydroxyl groups is 3. The number of alkyl halides is 3. The molecule has 31 heavy (non-hydrogen) atoms. The van der Waals surface area contributed by atoms with Gasteiger partial charge in [-0.05, 0) is 33.4 Å². The van der Waals surface area contributed by atoms with E-state index in [2.05, 4.69) is 26.2 Å². The van der Waals surface area contributed by atoms with Gasteiger partial charge in [0.1, 0.15) is 23.7 Å². The zero-order valence-corrected chi connectivity index (χ0v) is 18.9. The smallest absolute Gasteiger partial charge is 0.397 e. The van der Waals surface area contributed by atoms with Crippen LogP contribution in [0.2, 0.25) is 0 Å². The molecule has 0 aromatic carbocycles. The predicted molar refractivity (Wildman–Crippen MR) is 114 cm³/mol. The molecule has 0 spiro atoms. The second kappa shape index (κ2) is 10.1. The Morgan fingerprint density at radius 3 is 2.71 bits per heavy atom. The Morgan fingerprint density at radius 2 is 2.13 bits per heavy atom. The number of hydrogen-bond donors (Lipinski definition) is 5. The van der Waals surface area contributed by atoms with Crippen molar-refractivity contribution in [2.45, 2.75) is 40.9 Å². The van der Waals surface area contributed by atoms with E-state index in [1.165, 1.54) is 23.6 Å². The molecule has 3 heterocycles. The first-order chi connectivity index (χ1) is 14.6. The van der Waals surface area contributed by atoms with Crippen LogP contribution < -0.4 is 11.1 Å². The van der Waals surface area contributed by atoms with Gasteiger partial charge >= 0.3 is 6.18 Å².